The zero-order valence-electron chi connectivity index (χ0n) is 20.2. The monoisotopic (exact) mass is 716 g/mol. The first-order chi connectivity index (χ1) is 16.6. The van der Waals surface area contributed by atoms with Crippen LogP contribution in [0.5, 0.6) is 0 Å². The molecule has 0 aliphatic rings. The van der Waals surface area contributed by atoms with Gasteiger partial charge in [-0.05, 0) is 74.5 Å². The van der Waals surface area contributed by atoms with E-state index in [0.29, 0.717) is 16.8 Å². The van der Waals surface area contributed by atoms with E-state index in [1.807, 2.05) is 24.3 Å². The molecule has 0 radical (unpaired) electrons. The Labute approximate surface area is 246 Å². The first kappa shape index (κ1) is 31.9. The van der Waals surface area contributed by atoms with Gasteiger partial charge < -0.3 is 5.32 Å². The van der Waals surface area contributed by atoms with Crippen LogP contribution in [-0.4, -0.2) is 31.9 Å². The molecular formula is C23H31Br2N2O2PS5. The topological polar surface area (TPSA) is 59.1 Å². The third-order valence-corrected chi connectivity index (χ3v) is 21.6. The van der Waals surface area contributed by atoms with Crippen LogP contribution >= 0.6 is 69.6 Å². The number of unbranched alkanes of at least 4 members (excludes halogenated alkanes) is 2. The van der Waals surface area contributed by atoms with Crippen molar-refractivity contribution in [1.82, 2.24) is 4.98 Å². The molecule has 0 bridgehead atoms. The maximum absolute atomic E-state index is 12.8. The lowest BCUT2D eigenvalue weighted by atomic mass is 10.2. The lowest BCUT2D eigenvalue weighted by Gasteiger charge is -2.22. The number of hydrogen-bond acceptors (Lipinski definition) is 7. The molecule has 0 fully saturated rings. The summed E-state index contributed by atoms with van der Waals surface area (Å²) >= 11 is 18.1. The fraction of sp³-hybridized carbons (Fsp3) is 0.478. The minimum atomic E-state index is -2.04. The molecule has 12 heteroatoms. The molecular weight excluding hydrogens is 687 g/mol. The van der Waals surface area contributed by atoms with Crippen LogP contribution in [0.3, 0.4) is 0 Å². The molecule has 1 N–H and O–H groups in total. The molecule has 194 valence electrons. The fourth-order valence-corrected chi connectivity index (χ4v) is 20.9. The summed E-state index contributed by atoms with van der Waals surface area (Å²) in [5.41, 5.74) is 1.06. The van der Waals surface area contributed by atoms with Crippen LogP contribution in [0.15, 0.2) is 49.2 Å². The number of aromatic nitrogens is 1. The number of amides is 1. The van der Waals surface area contributed by atoms with Crippen LogP contribution in [0.25, 0.3) is 0 Å². The number of carbonyl (C=O) groups is 1. The second kappa shape index (κ2) is 15.9. The van der Waals surface area contributed by atoms with E-state index in [0.717, 1.165) is 50.0 Å². The first-order valence-corrected chi connectivity index (χ1v) is 21.5. The number of nitrogens with one attached hydrogen (secondary N) is 1. The van der Waals surface area contributed by atoms with Crippen molar-refractivity contribution in [2.24, 2.45) is 0 Å². The van der Waals surface area contributed by atoms with Gasteiger partial charge in [0, 0.05) is 31.5 Å². The van der Waals surface area contributed by atoms with Crippen molar-refractivity contribution in [3.05, 3.63) is 45.0 Å². The van der Waals surface area contributed by atoms with Crippen LogP contribution in [-0.2, 0) is 33.8 Å². The quantitative estimate of drug-likeness (QED) is 0.154. The molecule has 0 saturated heterocycles. The second-order valence-electron chi connectivity index (χ2n) is 7.84. The van der Waals surface area contributed by atoms with Crippen molar-refractivity contribution >= 4 is 104 Å². The van der Waals surface area contributed by atoms with Crippen molar-refractivity contribution < 1.29 is 9.00 Å². The van der Waals surface area contributed by atoms with E-state index in [2.05, 4.69) is 69.9 Å². The van der Waals surface area contributed by atoms with Crippen molar-refractivity contribution in [3.8, 4) is 0 Å². The van der Waals surface area contributed by atoms with E-state index in [1.54, 1.807) is 40.3 Å². The molecule has 1 aromatic carbocycles. The molecule has 1 unspecified atom stereocenters. The second-order valence-corrected chi connectivity index (χ2v) is 27.0. The summed E-state index contributed by atoms with van der Waals surface area (Å²) in [6, 6.07) is 7.91. The number of benzene rings is 1. The number of nitrogens with zero attached hydrogens (tertiary/aromatic N) is 1. The Morgan fingerprint density at radius 1 is 1.20 bits per heavy atom. The molecule has 2 aromatic rings. The van der Waals surface area contributed by atoms with Gasteiger partial charge in [-0.2, -0.15) is 0 Å². The summed E-state index contributed by atoms with van der Waals surface area (Å²) in [6.45, 7) is 8.46. The number of rotatable bonds is 14. The van der Waals surface area contributed by atoms with E-state index < -0.39 is 14.4 Å². The molecule has 1 aromatic heterocycles. The van der Waals surface area contributed by atoms with Gasteiger partial charge in [-0.15, -0.1) is 11.4 Å². The van der Waals surface area contributed by atoms with E-state index in [1.165, 1.54) is 0 Å². The minimum Gasteiger partial charge on any atom is -0.309 e. The summed E-state index contributed by atoms with van der Waals surface area (Å²) in [5, 5.41) is 3.27. The lowest BCUT2D eigenvalue weighted by molar-refractivity contribution is -0.113. The first-order valence-electron chi connectivity index (χ1n) is 11.3. The highest BCUT2D eigenvalue weighted by Crippen LogP contribution is 2.80. The van der Waals surface area contributed by atoms with Gasteiger partial charge in [0.2, 0.25) is 5.91 Å². The summed E-state index contributed by atoms with van der Waals surface area (Å²) in [4.78, 5) is 19.0. The van der Waals surface area contributed by atoms with Gasteiger partial charge in [0.05, 0.1) is 21.0 Å². The zero-order valence-corrected chi connectivity index (χ0v) is 28.4. The normalized spacial score (nSPS) is 14.0. The molecule has 0 saturated carbocycles. The number of halogens is 2. The number of anilines is 1. The minimum absolute atomic E-state index is 0.121. The smallest absolute Gasteiger partial charge is 0.235 e. The number of carbonyl (C=O) groups excluding carboxylic acids is 1. The SMILES string of the molecule is CCCCC[S@](=O)c1ccc(SP(=S)(SCC(=O)Nc2ncc(Br)c(CC)c2Br)SC(C)C)cc1. The predicted octanol–water partition coefficient (Wildman–Crippen LogP) is 9.30. The maximum atomic E-state index is 12.8. The average Bonchev–Trinajstić information content (AvgIpc) is 2.80. The van der Waals surface area contributed by atoms with Crippen LogP contribution in [0.1, 0.15) is 52.5 Å². The molecule has 2 atom stereocenters. The van der Waals surface area contributed by atoms with E-state index >= 15 is 0 Å². The Balaban J connectivity index is 2.05. The average molecular weight is 719 g/mol. The summed E-state index contributed by atoms with van der Waals surface area (Å²) in [6.07, 6.45) is 5.73. The van der Waals surface area contributed by atoms with E-state index in [4.69, 9.17) is 11.8 Å². The lowest BCUT2D eigenvalue weighted by Crippen LogP contribution is -2.15. The van der Waals surface area contributed by atoms with Crippen molar-refractivity contribution in [3.63, 3.8) is 0 Å². The van der Waals surface area contributed by atoms with Gasteiger partial charge in [-0.1, -0.05) is 75.1 Å². The highest BCUT2D eigenvalue weighted by atomic mass is 79.9. The van der Waals surface area contributed by atoms with Gasteiger partial charge in [-0.25, -0.2) is 4.98 Å². The van der Waals surface area contributed by atoms with Gasteiger partial charge in [0.25, 0.3) is 0 Å². The Kier molecular flexibility index (Phi) is 14.5. The molecule has 4 nitrogen and oxygen atoms in total. The third-order valence-electron chi connectivity index (χ3n) is 4.61. The summed E-state index contributed by atoms with van der Waals surface area (Å²) < 4.78 is 12.2. The number of hydrogen-bond donors (Lipinski definition) is 1. The Morgan fingerprint density at radius 3 is 2.49 bits per heavy atom. The zero-order chi connectivity index (χ0) is 26.0. The molecule has 2 rings (SSSR count). The number of pyridine rings is 1. The standard InChI is InChI=1S/C23H31Br2N2O2PS5/c1-5-7-8-13-35(29)18-11-9-17(10-12-18)34-30(31,33-16(3)4)32-15-21(28)27-23-22(25)19(6-2)20(24)14-26-23/h9-12,14,16H,5-8,13,15H2,1-4H3,(H,26,27,28)/t30?,35-/m0/s1. The highest BCUT2D eigenvalue weighted by Gasteiger charge is 2.24. The maximum Gasteiger partial charge on any atom is 0.235 e. The van der Waals surface area contributed by atoms with Crippen molar-refractivity contribution in [2.45, 2.75) is 68.4 Å². The fourth-order valence-electron chi connectivity index (χ4n) is 2.94. The van der Waals surface area contributed by atoms with Crippen LogP contribution < -0.4 is 5.32 Å². The summed E-state index contributed by atoms with van der Waals surface area (Å²) in [5.74, 6) is 1.37. The van der Waals surface area contributed by atoms with Crippen LogP contribution in [0.2, 0.25) is 0 Å². The predicted molar refractivity (Wildman–Crippen MR) is 170 cm³/mol. The van der Waals surface area contributed by atoms with Crippen LogP contribution in [0, 0.1) is 0 Å². The molecule has 35 heavy (non-hydrogen) atoms. The Morgan fingerprint density at radius 2 is 1.89 bits per heavy atom. The van der Waals surface area contributed by atoms with E-state index in [9.17, 15) is 9.00 Å². The van der Waals surface area contributed by atoms with Gasteiger partial charge in [0.15, 0.2) is 0 Å². The molecule has 0 aliphatic heterocycles. The molecule has 1 heterocycles. The summed E-state index contributed by atoms with van der Waals surface area (Å²) in [7, 11) is -0.963. The van der Waals surface area contributed by atoms with Crippen molar-refractivity contribution in [2.75, 3.05) is 16.8 Å². The van der Waals surface area contributed by atoms with Crippen LogP contribution in [0.4, 0.5) is 5.82 Å². The van der Waals surface area contributed by atoms with Gasteiger partial charge in [-0.3, -0.25) is 9.00 Å². The Bertz CT molecular complexity index is 1070. The Hall–Kier alpha value is 0.650. The van der Waals surface area contributed by atoms with E-state index in [-0.39, 0.29) is 11.7 Å². The van der Waals surface area contributed by atoms with Gasteiger partial charge in [0.1, 0.15) is 9.46 Å². The van der Waals surface area contributed by atoms with Crippen molar-refractivity contribution in [1.29, 1.82) is 0 Å². The molecule has 0 aliphatic carbocycles. The highest BCUT2D eigenvalue weighted by molar-refractivity contribution is 9.23. The molecule has 1 amide bonds. The molecule has 0 spiro atoms. The van der Waals surface area contributed by atoms with Gasteiger partial charge >= 0.3 is 0 Å². The third kappa shape index (κ3) is 10.7. The largest absolute Gasteiger partial charge is 0.309 e.